The molecule has 0 radical (unpaired) electrons. The Bertz CT molecular complexity index is 2870. The standard InChI is InChI=1S/C41H30O26/c42-15-1-10(2-16(43)26(15)50)36(57)65-34-33-23(9-62-39(60)13-7-21(48)29(53)31(55)24(13)25-14(40(61)64-33)8-22(49)30(54)32(25)56)63-41(67-38(59)12-5-19(46)28(52)20(47)6-12)35(34)66-37(58)11-3-17(44)27(51)18(45)4-11/h1-8,23,33-35,41-56H,9H2/t23?,33-,34+,35?,41+/m1/s1. The zero-order valence-corrected chi connectivity index (χ0v) is 32.9. The Hall–Kier alpha value is -9.59. The molecule has 67 heavy (non-hydrogen) atoms. The third-order valence-electron chi connectivity index (χ3n) is 10.0. The van der Waals surface area contributed by atoms with Crippen molar-refractivity contribution >= 4 is 29.8 Å². The van der Waals surface area contributed by atoms with Crippen LogP contribution in [0.2, 0.25) is 0 Å². The minimum atomic E-state index is -2.55. The summed E-state index contributed by atoms with van der Waals surface area (Å²) in [6.07, 6.45) is -12.2. The van der Waals surface area contributed by atoms with Gasteiger partial charge >= 0.3 is 29.8 Å². The van der Waals surface area contributed by atoms with Crippen LogP contribution >= 0.6 is 0 Å². The fourth-order valence-electron chi connectivity index (χ4n) is 6.77. The predicted molar refractivity (Wildman–Crippen MR) is 208 cm³/mol. The molecule has 0 saturated carbocycles. The molecule has 0 aromatic heterocycles. The lowest BCUT2D eigenvalue weighted by molar-refractivity contribution is -0.282. The molecule has 26 nitrogen and oxygen atoms in total. The van der Waals surface area contributed by atoms with Gasteiger partial charge in [-0.25, -0.2) is 24.0 Å². The van der Waals surface area contributed by atoms with E-state index < -0.39 is 192 Å². The first-order valence-electron chi connectivity index (χ1n) is 18.5. The van der Waals surface area contributed by atoms with Gasteiger partial charge in [-0.2, -0.15) is 0 Å². The van der Waals surface area contributed by atoms with Crippen LogP contribution in [0.15, 0.2) is 48.5 Å². The molecule has 5 aromatic rings. The number of benzene rings is 5. The number of cyclic esters (lactones) is 1. The van der Waals surface area contributed by atoms with E-state index in [1.54, 1.807) is 0 Å². The predicted octanol–water partition coefficient (Wildman–Crippen LogP) is 1.67. The van der Waals surface area contributed by atoms with Crippen LogP contribution in [-0.4, -0.2) is 144 Å². The highest BCUT2D eigenvalue weighted by molar-refractivity contribution is 6.08. The molecule has 15 N–H and O–H groups in total. The molecule has 5 aromatic carbocycles. The molecular weight excluding hydrogens is 908 g/mol. The Morgan fingerprint density at radius 1 is 0.433 bits per heavy atom. The Labute approximate surface area is 369 Å². The van der Waals surface area contributed by atoms with E-state index in [9.17, 15) is 101 Å². The fraction of sp³-hybridized carbons (Fsp3) is 0.146. The van der Waals surface area contributed by atoms with Crippen LogP contribution in [0.25, 0.3) is 11.1 Å². The smallest absolute Gasteiger partial charge is 0.340 e. The molecule has 2 aliphatic rings. The summed E-state index contributed by atoms with van der Waals surface area (Å²) in [5.41, 5.74) is -6.64. The highest BCUT2D eigenvalue weighted by atomic mass is 16.7. The van der Waals surface area contributed by atoms with Crippen molar-refractivity contribution in [2.75, 3.05) is 6.61 Å². The molecule has 5 atom stereocenters. The molecule has 1 fully saturated rings. The zero-order valence-electron chi connectivity index (χ0n) is 32.9. The maximum absolute atomic E-state index is 14.4. The number of carbonyl (C=O) groups is 5. The average molecular weight is 939 g/mol. The number of carbonyl (C=O) groups excluding carboxylic acids is 5. The summed E-state index contributed by atoms with van der Waals surface area (Å²) in [6, 6.07) is 4.13. The zero-order chi connectivity index (χ0) is 49.1. The van der Waals surface area contributed by atoms with E-state index >= 15 is 0 Å². The Balaban J connectivity index is 1.44. The van der Waals surface area contributed by atoms with Gasteiger partial charge in [0.2, 0.25) is 23.9 Å². The number of hydrogen-bond donors (Lipinski definition) is 15. The van der Waals surface area contributed by atoms with Crippen LogP contribution in [0.4, 0.5) is 0 Å². The second-order valence-corrected chi connectivity index (χ2v) is 14.3. The van der Waals surface area contributed by atoms with Crippen LogP contribution < -0.4 is 0 Å². The summed E-state index contributed by atoms with van der Waals surface area (Å²) in [5.74, 6) is -26.5. The first kappa shape index (κ1) is 45.4. The SMILES string of the molecule is O=C(OC1[C@H](OC(=O)c2cc(O)c(O)c(O)c2)OC2COC(=O)c3cc(O)c(O)c(O)c3-c3c(cc(O)c(O)c3O)C(=O)O[C@H]2[C@@H]1OC(=O)c1cc(O)c(O)c(O)c1)c1cc(O)c(O)c(O)c1. The number of phenols is 15. The summed E-state index contributed by atoms with van der Waals surface area (Å²) in [4.78, 5) is 69.7. The third-order valence-corrected chi connectivity index (χ3v) is 10.0. The van der Waals surface area contributed by atoms with Crippen LogP contribution in [0.1, 0.15) is 51.8 Å². The quantitative estimate of drug-likeness (QED) is 0.0654. The normalized spacial score (nSPS) is 19.0. The molecule has 0 amide bonds. The minimum absolute atomic E-state index is 0.402. The van der Waals surface area contributed by atoms with Gasteiger partial charge in [-0.1, -0.05) is 0 Å². The number of aromatic hydroxyl groups is 15. The number of fused-ring (bicyclic) bond motifs is 4. The van der Waals surface area contributed by atoms with E-state index in [0.29, 0.717) is 48.5 Å². The fourth-order valence-corrected chi connectivity index (χ4v) is 6.77. The van der Waals surface area contributed by atoms with Gasteiger partial charge in [0.15, 0.2) is 87.0 Å². The number of esters is 5. The summed E-state index contributed by atoms with van der Waals surface area (Å²) in [5, 5.41) is 154. The van der Waals surface area contributed by atoms with E-state index in [1.807, 2.05) is 0 Å². The first-order valence-corrected chi connectivity index (χ1v) is 18.5. The van der Waals surface area contributed by atoms with Crippen molar-refractivity contribution in [3.05, 3.63) is 76.3 Å². The van der Waals surface area contributed by atoms with Crippen molar-refractivity contribution in [3.63, 3.8) is 0 Å². The molecule has 2 aliphatic heterocycles. The van der Waals surface area contributed by atoms with Crippen molar-refractivity contribution in [2.24, 2.45) is 0 Å². The Kier molecular flexibility index (Phi) is 11.4. The van der Waals surface area contributed by atoms with Crippen molar-refractivity contribution in [3.8, 4) is 97.4 Å². The Morgan fingerprint density at radius 3 is 1.18 bits per heavy atom. The molecule has 0 spiro atoms. The molecule has 26 heteroatoms. The van der Waals surface area contributed by atoms with Crippen molar-refractivity contribution < 1.29 is 129 Å². The van der Waals surface area contributed by atoms with Crippen molar-refractivity contribution in [2.45, 2.75) is 30.7 Å². The molecule has 0 bridgehead atoms. The van der Waals surface area contributed by atoms with E-state index in [0.717, 1.165) is 0 Å². The maximum atomic E-state index is 14.4. The molecule has 0 aliphatic carbocycles. The number of hydrogen-bond acceptors (Lipinski definition) is 26. The summed E-state index contributed by atoms with van der Waals surface area (Å²) < 4.78 is 33.4. The minimum Gasteiger partial charge on any atom is -0.504 e. The van der Waals surface area contributed by atoms with E-state index in [2.05, 4.69) is 0 Å². The second kappa shape index (κ2) is 16.8. The molecule has 2 unspecified atom stereocenters. The molecule has 2 heterocycles. The number of phenolic OH excluding ortho intramolecular Hbond substituents is 15. The third kappa shape index (κ3) is 8.12. The van der Waals surface area contributed by atoms with Crippen molar-refractivity contribution in [1.29, 1.82) is 0 Å². The highest BCUT2D eigenvalue weighted by Crippen LogP contribution is 2.53. The van der Waals surface area contributed by atoms with Gasteiger partial charge in [0.25, 0.3) is 0 Å². The molecule has 350 valence electrons. The van der Waals surface area contributed by atoms with Gasteiger partial charge in [-0.15, -0.1) is 0 Å². The van der Waals surface area contributed by atoms with Gasteiger partial charge in [0.1, 0.15) is 12.7 Å². The van der Waals surface area contributed by atoms with Gasteiger partial charge in [0, 0.05) is 11.1 Å². The summed E-state index contributed by atoms with van der Waals surface area (Å²) in [7, 11) is 0. The molecule has 1 saturated heterocycles. The van der Waals surface area contributed by atoms with Gasteiger partial charge in [0.05, 0.1) is 27.8 Å². The maximum Gasteiger partial charge on any atom is 0.340 e. The summed E-state index contributed by atoms with van der Waals surface area (Å²) >= 11 is 0. The van der Waals surface area contributed by atoms with Crippen LogP contribution in [0, 0.1) is 0 Å². The Morgan fingerprint density at radius 2 is 0.776 bits per heavy atom. The van der Waals surface area contributed by atoms with Crippen LogP contribution in [-0.2, 0) is 28.4 Å². The van der Waals surface area contributed by atoms with E-state index in [1.165, 1.54) is 0 Å². The van der Waals surface area contributed by atoms with Crippen LogP contribution in [0.5, 0.6) is 86.2 Å². The number of ether oxygens (including phenoxy) is 6. The molecular formula is C41H30O26. The lowest BCUT2D eigenvalue weighted by atomic mass is 9.92. The lowest BCUT2D eigenvalue weighted by Gasteiger charge is -2.43. The highest BCUT2D eigenvalue weighted by Gasteiger charge is 2.55. The second-order valence-electron chi connectivity index (χ2n) is 14.3. The van der Waals surface area contributed by atoms with Gasteiger partial charge < -0.3 is 105 Å². The molecule has 7 rings (SSSR count). The van der Waals surface area contributed by atoms with E-state index in [4.69, 9.17) is 28.4 Å². The lowest BCUT2D eigenvalue weighted by Crippen LogP contribution is -2.63. The van der Waals surface area contributed by atoms with Gasteiger partial charge in [-0.05, 0) is 48.5 Å². The summed E-state index contributed by atoms with van der Waals surface area (Å²) in [6.45, 7) is -1.26. The number of rotatable bonds is 6. The van der Waals surface area contributed by atoms with Gasteiger partial charge in [-0.3, -0.25) is 0 Å². The average Bonchev–Trinajstić information content (AvgIpc) is 3.29. The van der Waals surface area contributed by atoms with Crippen molar-refractivity contribution in [1.82, 2.24) is 0 Å². The van der Waals surface area contributed by atoms with E-state index in [-0.39, 0.29) is 0 Å². The van der Waals surface area contributed by atoms with Crippen LogP contribution in [0.3, 0.4) is 0 Å². The first-order chi connectivity index (χ1) is 31.5. The monoisotopic (exact) mass is 938 g/mol. The topological polar surface area (TPSA) is 444 Å². The largest absolute Gasteiger partial charge is 0.504 e.